The number of nitrogens with zero attached hydrogens (tertiary/aromatic N) is 2. The van der Waals surface area contributed by atoms with Crippen LogP contribution in [-0.4, -0.2) is 14.9 Å². The maximum absolute atomic E-state index is 9.73. The molecule has 74 valence electrons. The maximum atomic E-state index is 9.73. The molecule has 0 amide bonds. The van der Waals surface area contributed by atoms with E-state index in [9.17, 15) is 5.11 Å². The standard InChI is InChI=1S/C10H11BrN2O/c1-6(2)13-9-7(10(11)12-13)4-3-5-8(9)14/h3-6,14H,1-2H3. The van der Waals surface area contributed by atoms with Crippen LogP contribution in [0.2, 0.25) is 0 Å². The van der Waals surface area contributed by atoms with Crippen LogP contribution in [0.1, 0.15) is 19.9 Å². The Bertz CT molecular complexity index is 476. The van der Waals surface area contributed by atoms with E-state index in [1.807, 2.05) is 30.7 Å². The molecule has 0 aliphatic rings. The average molecular weight is 255 g/mol. The number of phenols is 1. The third-order valence-electron chi connectivity index (χ3n) is 2.15. The lowest BCUT2D eigenvalue weighted by molar-refractivity contribution is 0.469. The molecule has 0 atom stereocenters. The van der Waals surface area contributed by atoms with Gasteiger partial charge in [-0.2, -0.15) is 5.10 Å². The lowest BCUT2D eigenvalue weighted by Crippen LogP contribution is -2.02. The number of benzene rings is 1. The van der Waals surface area contributed by atoms with E-state index in [0.717, 1.165) is 15.5 Å². The van der Waals surface area contributed by atoms with Crippen molar-refractivity contribution in [3.05, 3.63) is 22.8 Å². The molecule has 0 saturated heterocycles. The summed E-state index contributed by atoms with van der Waals surface area (Å²) in [6.07, 6.45) is 0. The molecule has 0 saturated carbocycles. The smallest absolute Gasteiger partial charge is 0.141 e. The molecule has 0 aliphatic carbocycles. The summed E-state index contributed by atoms with van der Waals surface area (Å²) in [4.78, 5) is 0. The van der Waals surface area contributed by atoms with Gasteiger partial charge in [-0.3, -0.25) is 4.68 Å². The molecule has 0 radical (unpaired) electrons. The zero-order valence-corrected chi connectivity index (χ0v) is 9.62. The summed E-state index contributed by atoms with van der Waals surface area (Å²) in [5.74, 6) is 0.273. The minimum Gasteiger partial charge on any atom is -0.506 e. The first kappa shape index (κ1) is 9.52. The highest BCUT2D eigenvalue weighted by Gasteiger charge is 2.13. The normalized spacial score (nSPS) is 11.4. The number of halogens is 1. The van der Waals surface area contributed by atoms with Gasteiger partial charge in [0.1, 0.15) is 15.9 Å². The van der Waals surface area contributed by atoms with Crippen molar-refractivity contribution in [2.75, 3.05) is 0 Å². The van der Waals surface area contributed by atoms with Crippen molar-refractivity contribution in [1.29, 1.82) is 0 Å². The van der Waals surface area contributed by atoms with Crippen LogP contribution in [0.4, 0.5) is 0 Å². The van der Waals surface area contributed by atoms with Crippen LogP contribution >= 0.6 is 15.9 Å². The number of phenolic OH excluding ortho intramolecular Hbond substituents is 1. The Morgan fingerprint density at radius 3 is 2.79 bits per heavy atom. The van der Waals surface area contributed by atoms with Crippen LogP contribution < -0.4 is 0 Å². The minimum absolute atomic E-state index is 0.233. The van der Waals surface area contributed by atoms with E-state index >= 15 is 0 Å². The quantitative estimate of drug-likeness (QED) is 0.850. The first-order valence-electron chi connectivity index (χ1n) is 4.47. The van der Waals surface area contributed by atoms with Crippen molar-refractivity contribution in [3.8, 4) is 5.75 Å². The molecular formula is C10H11BrN2O. The summed E-state index contributed by atoms with van der Waals surface area (Å²) in [5.41, 5.74) is 0.786. The Labute approximate surface area is 90.5 Å². The summed E-state index contributed by atoms with van der Waals surface area (Å²) in [7, 11) is 0. The third kappa shape index (κ3) is 1.30. The van der Waals surface area contributed by atoms with Crippen molar-refractivity contribution < 1.29 is 5.11 Å². The summed E-state index contributed by atoms with van der Waals surface area (Å²) in [5, 5.41) is 15.0. The van der Waals surface area contributed by atoms with Gasteiger partial charge in [-0.05, 0) is 41.9 Å². The van der Waals surface area contributed by atoms with E-state index in [1.165, 1.54) is 0 Å². The Hall–Kier alpha value is -1.03. The fourth-order valence-corrected chi connectivity index (χ4v) is 2.00. The van der Waals surface area contributed by atoms with Crippen LogP contribution in [0, 0.1) is 0 Å². The predicted molar refractivity (Wildman–Crippen MR) is 59.5 cm³/mol. The lowest BCUT2D eigenvalue weighted by atomic mass is 10.2. The maximum Gasteiger partial charge on any atom is 0.141 e. The number of hydrogen-bond donors (Lipinski definition) is 1. The Morgan fingerprint density at radius 2 is 2.14 bits per heavy atom. The molecule has 1 N–H and O–H groups in total. The van der Waals surface area contributed by atoms with E-state index in [4.69, 9.17) is 0 Å². The summed E-state index contributed by atoms with van der Waals surface area (Å²) in [6.45, 7) is 4.07. The SMILES string of the molecule is CC(C)n1nc(Br)c2cccc(O)c21. The van der Waals surface area contributed by atoms with Gasteiger partial charge in [0.25, 0.3) is 0 Å². The molecule has 0 spiro atoms. The van der Waals surface area contributed by atoms with Gasteiger partial charge in [0.15, 0.2) is 0 Å². The summed E-state index contributed by atoms with van der Waals surface area (Å²) >= 11 is 3.38. The molecule has 1 aromatic carbocycles. The molecule has 0 aliphatic heterocycles. The van der Waals surface area contributed by atoms with Crippen LogP contribution in [0.25, 0.3) is 10.9 Å². The fraction of sp³-hybridized carbons (Fsp3) is 0.300. The van der Waals surface area contributed by atoms with Gasteiger partial charge in [0.05, 0.1) is 0 Å². The zero-order chi connectivity index (χ0) is 10.3. The molecule has 0 unspecified atom stereocenters. The van der Waals surface area contributed by atoms with Crippen molar-refractivity contribution in [3.63, 3.8) is 0 Å². The van der Waals surface area contributed by atoms with Gasteiger partial charge < -0.3 is 5.11 Å². The number of hydrogen-bond acceptors (Lipinski definition) is 2. The highest BCUT2D eigenvalue weighted by atomic mass is 79.9. The largest absolute Gasteiger partial charge is 0.506 e. The van der Waals surface area contributed by atoms with Gasteiger partial charge >= 0.3 is 0 Å². The molecule has 1 heterocycles. The Morgan fingerprint density at radius 1 is 1.43 bits per heavy atom. The highest BCUT2D eigenvalue weighted by Crippen LogP contribution is 2.31. The number of para-hydroxylation sites is 1. The van der Waals surface area contributed by atoms with E-state index in [1.54, 1.807) is 6.07 Å². The molecule has 3 nitrogen and oxygen atoms in total. The molecule has 14 heavy (non-hydrogen) atoms. The second-order valence-electron chi connectivity index (χ2n) is 3.50. The molecule has 4 heteroatoms. The molecular weight excluding hydrogens is 244 g/mol. The second kappa shape index (κ2) is 3.28. The number of aromatic nitrogens is 2. The van der Waals surface area contributed by atoms with E-state index < -0.39 is 0 Å². The lowest BCUT2D eigenvalue weighted by Gasteiger charge is -2.07. The number of fused-ring (bicyclic) bond motifs is 1. The van der Waals surface area contributed by atoms with Crippen LogP contribution in [-0.2, 0) is 0 Å². The van der Waals surface area contributed by atoms with E-state index in [-0.39, 0.29) is 11.8 Å². The average Bonchev–Trinajstić information content (AvgIpc) is 2.46. The molecule has 0 bridgehead atoms. The van der Waals surface area contributed by atoms with Crippen molar-refractivity contribution >= 4 is 26.8 Å². The van der Waals surface area contributed by atoms with Gasteiger partial charge in [0, 0.05) is 11.4 Å². The van der Waals surface area contributed by atoms with Crippen molar-refractivity contribution in [1.82, 2.24) is 9.78 Å². The van der Waals surface area contributed by atoms with E-state index in [0.29, 0.717) is 0 Å². The molecule has 2 aromatic rings. The van der Waals surface area contributed by atoms with E-state index in [2.05, 4.69) is 21.0 Å². The van der Waals surface area contributed by atoms with Crippen LogP contribution in [0.3, 0.4) is 0 Å². The van der Waals surface area contributed by atoms with Crippen molar-refractivity contribution in [2.24, 2.45) is 0 Å². The fourth-order valence-electron chi connectivity index (χ4n) is 1.51. The number of aromatic hydroxyl groups is 1. The first-order valence-corrected chi connectivity index (χ1v) is 5.26. The van der Waals surface area contributed by atoms with Gasteiger partial charge in [-0.25, -0.2) is 0 Å². The van der Waals surface area contributed by atoms with Crippen LogP contribution in [0.5, 0.6) is 5.75 Å². The monoisotopic (exact) mass is 254 g/mol. The minimum atomic E-state index is 0.233. The summed E-state index contributed by atoms with van der Waals surface area (Å²) < 4.78 is 2.59. The second-order valence-corrected chi connectivity index (χ2v) is 4.25. The number of rotatable bonds is 1. The zero-order valence-electron chi connectivity index (χ0n) is 8.03. The Kier molecular flexibility index (Phi) is 2.23. The predicted octanol–water partition coefficient (Wildman–Crippen LogP) is 3.09. The van der Waals surface area contributed by atoms with Gasteiger partial charge in [-0.1, -0.05) is 6.07 Å². The van der Waals surface area contributed by atoms with Crippen LogP contribution in [0.15, 0.2) is 22.8 Å². The topological polar surface area (TPSA) is 38.0 Å². The highest BCUT2D eigenvalue weighted by molar-refractivity contribution is 9.10. The molecule has 1 aromatic heterocycles. The van der Waals surface area contributed by atoms with Gasteiger partial charge in [-0.15, -0.1) is 0 Å². The first-order chi connectivity index (χ1) is 6.61. The third-order valence-corrected chi connectivity index (χ3v) is 2.74. The Balaban J connectivity index is 2.86. The molecule has 0 fully saturated rings. The summed E-state index contributed by atoms with van der Waals surface area (Å²) in [6, 6.07) is 5.66. The molecule has 2 rings (SSSR count). The van der Waals surface area contributed by atoms with Crippen molar-refractivity contribution in [2.45, 2.75) is 19.9 Å². The van der Waals surface area contributed by atoms with Gasteiger partial charge in [0.2, 0.25) is 0 Å².